The Labute approximate surface area is 221 Å². The van der Waals surface area contributed by atoms with Crippen LogP contribution < -0.4 is 14.4 Å². The molecule has 1 amide bonds. The number of aliphatic hydroxyl groups excluding tert-OH is 1. The molecule has 0 aliphatic carbocycles. The topological polar surface area (TPSA) is 79.3 Å². The van der Waals surface area contributed by atoms with Gasteiger partial charge in [0.05, 0.1) is 31.4 Å². The first-order chi connectivity index (χ1) is 18.3. The molecule has 1 fully saturated rings. The fraction of sp³-hybridized carbons (Fsp3) is 0.267. The Morgan fingerprint density at radius 2 is 1.61 bits per heavy atom. The number of hydrogen-bond acceptors (Lipinski definition) is 6. The number of methoxy groups -OCH3 is 2. The van der Waals surface area contributed by atoms with Gasteiger partial charge >= 0.3 is 0 Å². The lowest BCUT2D eigenvalue weighted by atomic mass is 9.94. The Morgan fingerprint density at radius 3 is 2.18 bits per heavy atom. The van der Waals surface area contributed by atoms with Crippen molar-refractivity contribution < 1.29 is 28.6 Å². The smallest absolute Gasteiger partial charge is 0.295 e. The lowest BCUT2D eigenvalue weighted by Gasteiger charge is -2.27. The maximum atomic E-state index is 13.5. The zero-order chi connectivity index (χ0) is 27.4. The zero-order valence-corrected chi connectivity index (χ0v) is 21.9. The number of amides is 1. The number of rotatable bonds is 9. The number of halogens is 1. The van der Waals surface area contributed by atoms with Gasteiger partial charge in [-0.3, -0.25) is 9.59 Å². The first-order valence-electron chi connectivity index (χ1n) is 12.4. The highest BCUT2D eigenvalue weighted by Gasteiger charge is 2.46. The van der Waals surface area contributed by atoms with E-state index >= 15 is 0 Å². The van der Waals surface area contributed by atoms with Gasteiger partial charge < -0.3 is 24.4 Å². The number of ketones is 1. The minimum atomic E-state index is -0.873. The van der Waals surface area contributed by atoms with E-state index in [1.54, 1.807) is 30.3 Å². The maximum Gasteiger partial charge on any atom is 0.295 e. The zero-order valence-electron chi connectivity index (χ0n) is 21.9. The average Bonchev–Trinajstić information content (AvgIpc) is 3.19. The highest BCUT2D eigenvalue weighted by atomic mass is 19.1. The van der Waals surface area contributed by atoms with Gasteiger partial charge in [0.2, 0.25) is 0 Å². The molecule has 1 atom stereocenters. The third kappa shape index (κ3) is 5.07. The predicted octanol–water partition coefficient (Wildman–Crippen LogP) is 5.31. The number of likely N-dealkylation sites (tertiary alicyclic amines) is 1. The second kappa shape index (κ2) is 11.4. The van der Waals surface area contributed by atoms with Crippen LogP contribution in [-0.2, 0) is 16.1 Å². The number of aliphatic hydroxyl groups is 1. The molecule has 1 heterocycles. The van der Waals surface area contributed by atoms with Crippen molar-refractivity contribution >= 4 is 23.1 Å². The van der Waals surface area contributed by atoms with Crippen molar-refractivity contribution in [1.82, 2.24) is 4.90 Å². The van der Waals surface area contributed by atoms with Gasteiger partial charge in [-0.2, -0.15) is 0 Å². The normalized spacial score (nSPS) is 16.6. The molecule has 0 radical (unpaired) electrons. The Morgan fingerprint density at radius 1 is 0.947 bits per heavy atom. The van der Waals surface area contributed by atoms with Crippen LogP contribution in [-0.4, -0.2) is 49.0 Å². The van der Waals surface area contributed by atoms with Crippen LogP contribution in [0.4, 0.5) is 10.1 Å². The number of benzene rings is 3. The number of Topliss-reactive ketones (excluding diaryl/α,β-unsaturated/α-hetero) is 1. The number of anilines is 1. The van der Waals surface area contributed by atoms with Gasteiger partial charge in [-0.05, 0) is 67.4 Å². The Hall–Kier alpha value is -4.33. The van der Waals surface area contributed by atoms with Crippen LogP contribution in [0.5, 0.6) is 11.5 Å². The van der Waals surface area contributed by atoms with E-state index in [1.807, 2.05) is 24.3 Å². The molecular weight excluding hydrogens is 487 g/mol. The number of ether oxygens (including phenoxy) is 2. The van der Waals surface area contributed by atoms with E-state index < -0.39 is 23.5 Å². The predicted molar refractivity (Wildman–Crippen MR) is 144 cm³/mol. The van der Waals surface area contributed by atoms with Gasteiger partial charge in [0.1, 0.15) is 23.1 Å². The number of carbonyl (C=O) groups excluding carboxylic acids is 2. The van der Waals surface area contributed by atoms with Crippen molar-refractivity contribution in [3.63, 3.8) is 0 Å². The Kier molecular flexibility index (Phi) is 8.00. The fourth-order valence-electron chi connectivity index (χ4n) is 4.78. The molecule has 4 rings (SSSR count). The molecule has 198 valence electrons. The lowest BCUT2D eigenvalue weighted by molar-refractivity contribution is -0.140. The summed E-state index contributed by atoms with van der Waals surface area (Å²) in [5.74, 6) is -1.55. The average molecular weight is 519 g/mol. The van der Waals surface area contributed by atoms with Gasteiger partial charge in [0.15, 0.2) is 0 Å². The van der Waals surface area contributed by atoms with Crippen LogP contribution in [0.2, 0.25) is 0 Å². The molecule has 0 aromatic heterocycles. The molecular formula is C30H31FN2O5. The summed E-state index contributed by atoms with van der Waals surface area (Å²) in [5, 5.41) is 11.5. The first-order valence-corrected chi connectivity index (χ1v) is 12.4. The quantitative estimate of drug-likeness (QED) is 0.235. The van der Waals surface area contributed by atoms with Crippen LogP contribution >= 0.6 is 0 Å². The summed E-state index contributed by atoms with van der Waals surface area (Å²) in [6, 6.07) is 17.3. The van der Waals surface area contributed by atoms with Gasteiger partial charge in [-0.25, -0.2) is 4.39 Å². The lowest BCUT2D eigenvalue weighted by Crippen LogP contribution is -2.29. The van der Waals surface area contributed by atoms with E-state index in [-0.39, 0.29) is 23.4 Å². The Balaban J connectivity index is 1.88. The summed E-state index contributed by atoms with van der Waals surface area (Å²) in [6.07, 6.45) is 0. The molecule has 0 saturated carbocycles. The summed E-state index contributed by atoms with van der Waals surface area (Å²) in [6.45, 7) is 5.84. The summed E-state index contributed by atoms with van der Waals surface area (Å²) >= 11 is 0. The molecule has 0 spiro atoms. The minimum absolute atomic E-state index is 0.0549. The largest absolute Gasteiger partial charge is 0.507 e. The SMILES string of the molecule is CCN(CC)c1ccc(C2/C(=C(\O)c3cc(OC)ccc3OC)C(=O)C(=O)N2Cc2ccc(F)cc2)cc1. The Bertz CT molecular complexity index is 1350. The van der Waals surface area contributed by atoms with Crippen LogP contribution in [0.25, 0.3) is 5.76 Å². The van der Waals surface area contributed by atoms with Crippen molar-refractivity contribution in [1.29, 1.82) is 0 Å². The van der Waals surface area contributed by atoms with Crippen molar-refractivity contribution in [3.05, 3.63) is 94.8 Å². The molecule has 1 N–H and O–H groups in total. The summed E-state index contributed by atoms with van der Waals surface area (Å²) in [4.78, 5) is 30.4. The van der Waals surface area contributed by atoms with Crippen molar-refractivity contribution in [3.8, 4) is 11.5 Å². The molecule has 38 heavy (non-hydrogen) atoms. The third-order valence-electron chi connectivity index (χ3n) is 6.81. The molecule has 1 unspecified atom stereocenters. The molecule has 0 bridgehead atoms. The van der Waals surface area contributed by atoms with Crippen LogP contribution in [0.1, 0.15) is 36.6 Å². The number of hydrogen-bond donors (Lipinski definition) is 1. The summed E-state index contributed by atoms with van der Waals surface area (Å²) < 4.78 is 24.3. The highest BCUT2D eigenvalue weighted by Crippen LogP contribution is 2.42. The van der Waals surface area contributed by atoms with Crippen molar-refractivity contribution in [2.24, 2.45) is 0 Å². The fourth-order valence-corrected chi connectivity index (χ4v) is 4.78. The van der Waals surface area contributed by atoms with E-state index in [2.05, 4.69) is 18.7 Å². The molecule has 1 saturated heterocycles. The van der Waals surface area contributed by atoms with Gasteiger partial charge in [0.25, 0.3) is 11.7 Å². The van der Waals surface area contributed by atoms with Crippen molar-refractivity contribution in [2.45, 2.75) is 26.4 Å². The second-order valence-corrected chi connectivity index (χ2v) is 8.88. The minimum Gasteiger partial charge on any atom is -0.507 e. The molecule has 3 aromatic rings. The summed E-state index contributed by atoms with van der Waals surface area (Å²) in [5.41, 5.74) is 2.49. The van der Waals surface area contributed by atoms with E-state index in [4.69, 9.17) is 9.47 Å². The standard InChI is InChI=1S/C30H31FN2O5/c1-5-32(6-2)22-13-9-20(10-14-22)27-26(28(34)24-17-23(37-3)15-16-25(24)38-4)29(35)30(36)33(27)18-19-7-11-21(31)12-8-19/h7-17,27,34H,5-6,18H2,1-4H3/b28-26+. The van der Waals surface area contributed by atoms with Gasteiger partial charge in [-0.1, -0.05) is 24.3 Å². The third-order valence-corrected chi connectivity index (χ3v) is 6.81. The van der Waals surface area contributed by atoms with Crippen LogP contribution in [0, 0.1) is 5.82 Å². The molecule has 3 aromatic carbocycles. The van der Waals surface area contributed by atoms with E-state index in [9.17, 15) is 19.1 Å². The second-order valence-electron chi connectivity index (χ2n) is 8.88. The van der Waals surface area contributed by atoms with Gasteiger partial charge in [0, 0.05) is 25.3 Å². The molecule has 1 aliphatic heterocycles. The van der Waals surface area contributed by atoms with Gasteiger partial charge in [-0.15, -0.1) is 0 Å². The van der Waals surface area contributed by atoms with E-state index in [0.29, 0.717) is 22.6 Å². The molecule has 1 aliphatic rings. The summed E-state index contributed by atoms with van der Waals surface area (Å²) in [7, 11) is 2.94. The number of nitrogens with zero attached hydrogens (tertiary/aromatic N) is 2. The number of carbonyl (C=O) groups is 2. The maximum absolute atomic E-state index is 13.5. The highest BCUT2D eigenvalue weighted by molar-refractivity contribution is 6.46. The molecule has 8 heteroatoms. The van der Waals surface area contributed by atoms with E-state index in [1.165, 1.54) is 31.3 Å². The first kappa shape index (κ1) is 26.7. The van der Waals surface area contributed by atoms with Crippen molar-refractivity contribution in [2.75, 3.05) is 32.2 Å². The monoisotopic (exact) mass is 518 g/mol. The van der Waals surface area contributed by atoms with Crippen LogP contribution in [0.3, 0.4) is 0 Å². The molecule has 7 nitrogen and oxygen atoms in total. The van der Waals surface area contributed by atoms with Crippen LogP contribution in [0.15, 0.2) is 72.3 Å². The van der Waals surface area contributed by atoms with E-state index in [0.717, 1.165) is 18.8 Å².